The van der Waals surface area contributed by atoms with E-state index in [1.807, 2.05) is 51.1 Å². The van der Waals surface area contributed by atoms with Gasteiger partial charge in [0.25, 0.3) is 0 Å². The number of rotatable bonds is 8. The van der Waals surface area contributed by atoms with E-state index >= 15 is 0 Å². The third-order valence-corrected chi connectivity index (χ3v) is 5.72. The highest BCUT2D eigenvalue weighted by Gasteiger charge is 2.21. The highest BCUT2D eigenvalue weighted by Crippen LogP contribution is 2.43. The summed E-state index contributed by atoms with van der Waals surface area (Å²) in [4.78, 5) is 16.8. The summed E-state index contributed by atoms with van der Waals surface area (Å²) in [6, 6.07) is 13.0. The number of aromatic nitrogens is 1. The predicted octanol–water partition coefficient (Wildman–Crippen LogP) is 6.26. The molecule has 0 radical (unpaired) electrons. The van der Waals surface area contributed by atoms with Crippen LogP contribution in [0.2, 0.25) is 0 Å². The average molecular weight is 473 g/mol. The quantitative estimate of drug-likeness (QED) is 0.305. The van der Waals surface area contributed by atoms with Gasteiger partial charge in [-0.25, -0.2) is 4.98 Å². The number of amides is 1. The molecule has 180 valence electrons. The number of methoxy groups -OCH3 is 2. The fourth-order valence-corrected chi connectivity index (χ4v) is 4.05. The Morgan fingerprint density at radius 3 is 2.63 bits per heavy atom. The second-order valence-corrected chi connectivity index (χ2v) is 7.94. The smallest absolute Gasteiger partial charge is 0.249 e. The molecule has 0 atom stereocenters. The highest BCUT2D eigenvalue weighted by atomic mass is 16.5. The number of pyridine rings is 1. The second-order valence-electron chi connectivity index (χ2n) is 7.94. The molecular formula is C28H28N2O5. The van der Waals surface area contributed by atoms with Crippen LogP contribution in [0.4, 0.5) is 5.82 Å². The Balaban J connectivity index is 1.84. The highest BCUT2D eigenvalue weighted by molar-refractivity contribution is 6.05. The molecule has 7 nitrogen and oxygen atoms in total. The standard InChI is InChI=1S/C28H28N2O5/c1-6-34-27-18(3)28-22(23(16-35-28)21-14-19(32-4)10-11-24(21)33-5)15-20(27)17(2)13-26(31)30-25-9-7-8-12-29-25/h7-16H,6H2,1-5H3,(H,29,30,31)/b17-13+. The zero-order valence-electron chi connectivity index (χ0n) is 20.5. The van der Waals surface area contributed by atoms with E-state index < -0.39 is 0 Å². The number of aryl methyl sites for hydroxylation is 1. The van der Waals surface area contributed by atoms with Crippen molar-refractivity contribution in [2.24, 2.45) is 0 Å². The van der Waals surface area contributed by atoms with Crippen LogP contribution < -0.4 is 19.5 Å². The number of anilines is 1. The summed E-state index contributed by atoms with van der Waals surface area (Å²) in [5, 5.41) is 3.67. The monoisotopic (exact) mass is 472 g/mol. The summed E-state index contributed by atoms with van der Waals surface area (Å²) in [6.45, 7) is 6.24. The van der Waals surface area contributed by atoms with Gasteiger partial charge < -0.3 is 23.9 Å². The maximum atomic E-state index is 12.7. The largest absolute Gasteiger partial charge is 0.497 e. The minimum absolute atomic E-state index is 0.275. The number of benzene rings is 2. The number of hydrogen-bond donors (Lipinski definition) is 1. The van der Waals surface area contributed by atoms with Crippen LogP contribution in [0.25, 0.3) is 27.7 Å². The van der Waals surface area contributed by atoms with Crippen molar-refractivity contribution >= 4 is 28.3 Å². The molecule has 2 aromatic carbocycles. The molecular weight excluding hydrogens is 444 g/mol. The summed E-state index contributed by atoms with van der Waals surface area (Å²) < 4.78 is 23.0. The summed E-state index contributed by atoms with van der Waals surface area (Å²) >= 11 is 0. The van der Waals surface area contributed by atoms with Crippen LogP contribution in [0, 0.1) is 6.92 Å². The van der Waals surface area contributed by atoms with Crippen LogP contribution in [0.5, 0.6) is 17.2 Å². The summed E-state index contributed by atoms with van der Waals surface area (Å²) in [5.74, 6) is 2.30. The van der Waals surface area contributed by atoms with Crippen molar-refractivity contribution < 1.29 is 23.4 Å². The molecule has 35 heavy (non-hydrogen) atoms. The molecule has 2 aromatic heterocycles. The zero-order valence-corrected chi connectivity index (χ0v) is 20.5. The Hall–Kier alpha value is -4.26. The maximum absolute atomic E-state index is 12.7. The number of allylic oxidation sites excluding steroid dienone is 1. The summed E-state index contributed by atoms with van der Waals surface area (Å²) in [5.41, 5.74) is 4.81. The Morgan fingerprint density at radius 2 is 1.94 bits per heavy atom. The fourth-order valence-electron chi connectivity index (χ4n) is 4.05. The number of ether oxygens (including phenoxy) is 3. The van der Waals surface area contributed by atoms with Gasteiger partial charge in [-0.05, 0) is 62.7 Å². The number of nitrogens with one attached hydrogen (secondary N) is 1. The molecule has 4 rings (SSSR count). The minimum atomic E-state index is -0.275. The third kappa shape index (κ3) is 4.84. The topological polar surface area (TPSA) is 82.8 Å². The lowest BCUT2D eigenvalue weighted by molar-refractivity contribution is -0.111. The van der Waals surface area contributed by atoms with Crippen molar-refractivity contribution in [3.05, 3.63) is 72.1 Å². The van der Waals surface area contributed by atoms with Gasteiger partial charge in [-0.1, -0.05) is 6.07 Å². The van der Waals surface area contributed by atoms with E-state index in [0.29, 0.717) is 35.3 Å². The molecule has 0 bridgehead atoms. The Morgan fingerprint density at radius 1 is 1.11 bits per heavy atom. The van der Waals surface area contributed by atoms with Crippen LogP contribution in [0.3, 0.4) is 0 Å². The van der Waals surface area contributed by atoms with Crippen LogP contribution in [-0.2, 0) is 4.79 Å². The first-order valence-corrected chi connectivity index (χ1v) is 11.3. The lowest BCUT2D eigenvalue weighted by Crippen LogP contribution is -2.10. The summed E-state index contributed by atoms with van der Waals surface area (Å²) in [6.07, 6.45) is 4.88. The van der Waals surface area contributed by atoms with Crippen molar-refractivity contribution in [2.75, 3.05) is 26.1 Å². The molecule has 1 amide bonds. The lowest BCUT2D eigenvalue weighted by atomic mass is 9.96. The first-order chi connectivity index (χ1) is 17.0. The van der Waals surface area contributed by atoms with Crippen LogP contribution in [0.1, 0.15) is 25.0 Å². The van der Waals surface area contributed by atoms with Crippen molar-refractivity contribution in [1.82, 2.24) is 4.98 Å². The van der Waals surface area contributed by atoms with E-state index in [1.54, 1.807) is 44.9 Å². The normalized spacial score (nSPS) is 11.4. The van der Waals surface area contributed by atoms with Gasteiger partial charge in [-0.15, -0.1) is 0 Å². The van der Waals surface area contributed by atoms with E-state index in [0.717, 1.165) is 33.2 Å². The SMILES string of the molecule is CCOc1c(/C(C)=C/C(=O)Nc2ccccn2)cc2c(-c3cc(OC)ccc3OC)coc2c1C. The maximum Gasteiger partial charge on any atom is 0.249 e. The van der Waals surface area contributed by atoms with Crippen LogP contribution in [-0.4, -0.2) is 31.7 Å². The van der Waals surface area contributed by atoms with Gasteiger partial charge in [-0.3, -0.25) is 4.79 Å². The van der Waals surface area contributed by atoms with Crippen molar-refractivity contribution in [3.63, 3.8) is 0 Å². The van der Waals surface area contributed by atoms with E-state index in [2.05, 4.69) is 10.3 Å². The van der Waals surface area contributed by atoms with E-state index in [9.17, 15) is 4.79 Å². The van der Waals surface area contributed by atoms with Gasteiger partial charge in [0.15, 0.2) is 0 Å². The molecule has 0 fully saturated rings. The summed E-state index contributed by atoms with van der Waals surface area (Å²) in [7, 11) is 3.25. The number of hydrogen-bond acceptors (Lipinski definition) is 6. The molecule has 0 aliphatic carbocycles. The van der Waals surface area contributed by atoms with Crippen molar-refractivity contribution in [3.8, 4) is 28.4 Å². The van der Waals surface area contributed by atoms with Crippen molar-refractivity contribution in [2.45, 2.75) is 20.8 Å². The molecule has 1 N–H and O–H groups in total. The second kappa shape index (κ2) is 10.3. The van der Waals surface area contributed by atoms with E-state index in [4.69, 9.17) is 18.6 Å². The van der Waals surface area contributed by atoms with Gasteiger partial charge in [0.1, 0.15) is 28.6 Å². The van der Waals surface area contributed by atoms with Crippen LogP contribution in [0.15, 0.2) is 65.4 Å². The molecule has 4 aromatic rings. The van der Waals surface area contributed by atoms with Gasteiger partial charge in [0.05, 0.1) is 27.1 Å². The zero-order chi connectivity index (χ0) is 24.9. The average Bonchev–Trinajstić information content (AvgIpc) is 3.29. The molecule has 0 saturated heterocycles. The van der Waals surface area contributed by atoms with E-state index in [-0.39, 0.29) is 5.91 Å². The number of nitrogens with zero attached hydrogens (tertiary/aromatic N) is 1. The van der Waals surface area contributed by atoms with Gasteiger partial charge in [0.2, 0.25) is 5.91 Å². The van der Waals surface area contributed by atoms with Crippen molar-refractivity contribution in [1.29, 1.82) is 0 Å². The Bertz CT molecular complexity index is 1390. The molecule has 2 heterocycles. The molecule has 0 aliphatic heterocycles. The number of furan rings is 1. The first-order valence-electron chi connectivity index (χ1n) is 11.3. The molecule has 0 spiro atoms. The van der Waals surface area contributed by atoms with Crippen LogP contribution >= 0.6 is 0 Å². The molecule has 7 heteroatoms. The Kier molecular flexibility index (Phi) is 7.06. The predicted molar refractivity (Wildman–Crippen MR) is 137 cm³/mol. The molecule has 0 unspecified atom stereocenters. The number of carbonyl (C=O) groups is 1. The molecule has 0 aliphatic rings. The van der Waals surface area contributed by atoms with Gasteiger partial charge >= 0.3 is 0 Å². The lowest BCUT2D eigenvalue weighted by Gasteiger charge is -2.15. The fraction of sp³-hybridized carbons (Fsp3) is 0.214. The number of carbonyl (C=O) groups excluding carboxylic acids is 1. The molecule has 0 saturated carbocycles. The minimum Gasteiger partial charge on any atom is -0.497 e. The Labute approximate surface area is 204 Å². The van der Waals surface area contributed by atoms with E-state index in [1.165, 1.54) is 0 Å². The number of fused-ring (bicyclic) bond motifs is 1. The third-order valence-electron chi connectivity index (χ3n) is 5.72. The van der Waals surface area contributed by atoms with Gasteiger partial charge in [-0.2, -0.15) is 0 Å². The first kappa shape index (κ1) is 23.9. The van der Waals surface area contributed by atoms with Gasteiger partial charge in [0, 0.05) is 39.9 Å².